The summed E-state index contributed by atoms with van der Waals surface area (Å²) in [5, 5.41) is 1.32. The number of hydrogen-bond donors (Lipinski definition) is 1. The highest BCUT2D eigenvalue weighted by Crippen LogP contribution is 2.40. The smallest absolute Gasteiger partial charge is 0.123 e. The molecule has 2 aliphatic heterocycles. The topological polar surface area (TPSA) is 28.3 Å². The summed E-state index contributed by atoms with van der Waals surface area (Å²) in [5.41, 5.74) is 4.37. The third-order valence-corrected chi connectivity index (χ3v) is 7.83. The molecule has 0 amide bonds. The summed E-state index contributed by atoms with van der Waals surface area (Å²) in [6, 6.07) is 22.5. The number of H-pyrrole nitrogens is 1. The lowest BCUT2D eigenvalue weighted by Gasteiger charge is -2.40. The number of nitrogens with one attached hydrogen (secondary N) is 1. The number of aromatic amines is 1. The maximum absolute atomic E-state index is 13.6. The zero-order chi connectivity index (χ0) is 23.8. The molecule has 2 saturated heterocycles. The molecular formula is C30H30F2N2O. The number of para-hydroxylation sites is 1. The standard InChI is InChI=1S/C30H30F2N2O/c31-23-9-5-20(6-10-23)30(21-7-11-24(32)12-8-21)35-27-17-25-13-14-26(18-27)34(25)16-15-22-19-33-29-4-2-1-3-28(22)29/h1-12,19,25-27,30,33H,13-18H2/t25-,26+,27?. The molecule has 1 unspecified atom stereocenters. The fourth-order valence-electron chi connectivity index (χ4n) is 6.11. The van der Waals surface area contributed by atoms with Crippen molar-refractivity contribution in [3.63, 3.8) is 0 Å². The molecule has 4 aromatic rings. The van der Waals surface area contributed by atoms with Gasteiger partial charge in [0.2, 0.25) is 0 Å². The van der Waals surface area contributed by atoms with Gasteiger partial charge in [-0.15, -0.1) is 0 Å². The van der Waals surface area contributed by atoms with Gasteiger partial charge in [0.25, 0.3) is 0 Å². The van der Waals surface area contributed by atoms with Crippen molar-refractivity contribution in [2.45, 2.75) is 56.4 Å². The fraction of sp³-hybridized carbons (Fsp3) is 0.333. The molecule has 6 rings (SSSR count). The molecular weight excluding hydrogens is 442 g/mol. The van der Waals surface area contributed by atoms with E-state index in [0.29, 0.717) is 12.1 Å². The molecule has 2 bridgehead atoms. The number of nitrogens with zero attached hydrogens (tertiary/aromatic N) is 1. The summed E-state index contributed by atoms with van der Waals surface area (Å²) in [6.45, 7) is 1.06. The van der Waals surface area contributed by atoms with Gasteiger partial charge in [-0.3, -0.25) is 4.90 Å². The van der Waals surface area contributed by atoms with Crippen molar-refractivity contribution in [3.05, 3.63) is 107 Å². The van der Waals surface area contributed by atoms with E-state index in [1.807, 2.05) is 0 Å². The highest BCUT2D eigenvalue weighted by atomic mass is 19.1. The molecule has 0 radical (unpaired) electrons. The molecule has 3 nitrogen and oxygen atoms in total. The first kappa shape index (κ1) is 22.4. The summed E-state index contributed by atoms with van der Waals surface area (Å²) in [7, 11) is 0. The minimum Gasteiger partial charge on any atom is -0.365 e. The number of rotatable bonds is 7. The van der Waals surface area contributed by atoms with Gasteiger partial charge in [-0.2, -0.15) is 0 Å². The minimum absolute atomic E-state index is 0.122. The predicted molar refractivity (Wildman–Crippen MR) is 134 cm³/mol. The second kappa shape index (κ2) is 9.56. The van der Waals surface area contributed by atoms with E-state index in [0.717, 1.165) is 36.9 Å². The average Bonchev–Trinajstić information content (AvgIpc) is 3.39. The van der Waals surface area contributed by atoms with Gasteiger partial charge in [0.15, 0.2) is 0 Å². The van der Waals surface area contributed by atoms with E-state index in [1.54, 1.807) is 24.3 Å². The van der Waals surface area contributed by atoms with Crippen LogP contribution in [0.1, 0.15) is 48.5 Å². The van der Waals surface area contributed by atoms with E-state index in [1.165, 1.54) is 53.6 Å². The van der Waals surface area contributed by atoms with Gasteiger partial charge in [0, 0.05) is 35.7 Å². The van der Waals surface area contributed by atoms with Crippen LogP contribution in [-0.2, 0) is 11.2 Å². The van der Waals surface area contributed by atoms with Gasteiger partial charge in [0.05, 0.1) is 6.10 Å². The number of fused-ring (bicyclic) bond motifs is 3. The van der Waals surface area contributed by atoms with Gasteiger partial charge in [-0.1, -0.05) is 42.5 Å². The van der Waals surface area contributed by atoms with Gasteiger partial charge in [-0.05, 0) is 79.1 Å². The Kier molecular flexibility index (Phi) is 6.13. The molecule has 3 atom stereocenters. The van der Waals surface area contributed by atoms with Crippen molar-refractivity contribution in [3.8, 4) is 0 Å². The first-order valence-corrected chi connectivity index (χ1v) is 12.6. The van der Waals surface area contributed by atoms with Crippen LogP contribution in [0.2, 0.25) is 0 Å². The van der Waals surface area contributed by atoms with E-state index in [2.05, 4.69) is 40.3 Å². The highest BCUT2D eigenvalue weighted by Gasteiger charge is 2.41. The molecule has 0 saturated carbocycles. The quantitative estimate of drug-likeness (QED) is 0.321. The lowest BCUT2D eigenvalue weighted by Crippen LogP contribution is -2.46. The zero-order valence-electron chi connectivity index (χ0n) is 19.7. The van der Waals surface area contributed by atoms with Crippen molar-refractivity contribution in [1.82, 2.24) is 9.88 Å². The molecule has 5 heteroatoms. The van der Waals surface area contributed by atoms with Crippen LogP contribution in [-0.4, -0.2) is 34.6 Å². The number of halogens is 2. The van der Waals surface area contributed by atoms with Gasteiger partial charge >= 0.3 is 0 Å². The van der Waals surface area contributed by atoms with E-state index >= 15 is 0 Å². The van der Waals surface area contributed by atoms with Crippen molar-refractivity contribution in [2.24, 2.45) is 0 Å². The van der Waals surface area contributed by atoms with Crippen LogP contribution < -0.4 is 0 Å². The fourth-order valence-corrected chi connectivity index (χ4v) is 6.11. The molecule has 35 heavy (non-hydrogen) atoms. The zero-order valence-corrected chi connectivity index (χ0v) is 19.7. The summed E-state index contributed by atoms with van der Waals surface area (Å²) < 4.78 is 33.9. The van der Waals surface area contributed by atoms with Crippen LogP contribution >= 0.6 is 0 Å². The number of benzene rings is 3. The minimum atomic E-state index is -0.335. The second-order valence-electron chi connectivity index (χ2n) is 9.94. The summed E-state index contributed by atoms with van der Waals surface area (Å²) >= 11 is 0. The van der Waals surface area contributed by atoms with Gasteiger partial charge < -0.3 is 9.72 Å². The summed E-state index contributed by atoms with van der Waals surface area (Å²) in [5.74, 6) is -0.540. The number of aromatic nitrogens is 1. The molecule has 3 heterocycles. The Balaban J connectivity index is 1.15. The summed E-state index contributed by atoms with van der Waals surface area (Å²) in [6.07, 6.45) is 7.36. The molecule has 2 aliphatic rings. The molecule has 180 valence electrons. The van der Waals surface area contributed by atoms with E-state index in [4.69, 9.17) is 4.74 Å². The van der Waals surface area contributed by atoms with Crippen LogP contribution in [0.4, 0.5) is 8.78 Å². The Hall–Kier alpha value is -3.02. The second-order valence-corrected chi connectivity index (χ2v) is 9.94. The SMILES string of the molecule is Fc1ccc(C(OC2C[C@H]3CC[C@@H](C2)N3CCc2c[nH]c3ccccc23)c2ccc(F)cc2)cc1. The Morgan fingerprint density at radius 3 is 2.06 bits per heavy atom. The van der Waals surface area contributed by atoms with Crippen LogP contribution in [0, 0.1) is 11.6 Å². The van der Waals surface area contributed by atoms with Crippen molar-refractivity contribution >= 4 is 10.9 Å². The third kappa shape index (κ3) is 4.63. The van der Waals surface area contributed by atoms with E-state index in [9.17, 15) is 8.78 Å². The molecule has 2 fully saturated rings. The Morgan fingerprint density at radius 2 is 1.43 bits per heavy atom. The van der Waals surface area contributed by atoms with E-state index < -0.39 is 0 Å². The molecule has 0 aliphatic carbocycles. The number of hydrogen-bond acceptors (Lipinski definition) is 2. The van der Waals surface area contributed by atoms with Crippen molar-refractivity contribution in [1.29, 1.82) is 0 Å². The largest absolute Gasteiger partial charge is 0.365 e. The number of ether oxygens (including phenoxy) is 1. The Bertz CT molecular complexity index is 1220. The first-order valence-electron chi connectivity index (χ1n) is 12.6. The van der Waals surface area contributed by atoms with Crippen LogP contribution in [0.15, 0.2) is 79.0 Å². The van der Waals surface area contributed by atoms with E-state index in [-0.39, 0.29) is 23.8 Å². The highest BCUT2D eigenvalue weighted by molar-refractivity contribution is 5.83. The summed E-state index contributed by atoms with van der Waals surface area (Å²) in [4.78, 5) is 6.08. The van der Waals surface area contributed by atoms with Crippen LogP contribution in [0.25, 0.3) is 10.9 Å². The monoisotopic (exact) mass is 472 g/mol. The molecule has 0 spiro atoms. The maximum atomic E-state index is 13.6. The van der Waals surface area contributed by atoms with Gasteiger partial charge in [0.1, 0.15) is 17.7 Å². The third-order valence-electron chi connectivity index (χ3n) is 7.83. The molecule has 3 aromatic carbocycles. The van der Waals surface area contributed by atoms with Crippen LogP contribution in [0.5, 0.6) is 0 Å². The van der Waals surface area contributed by atoms with Crippen molar-refractivity contribution in [2.75, 3.05) is 6.54 Å². The first-order chi connectivity index (χ1) is 17.1. The predicted octanol–water partition coefficient (Wildman–Crippen LogP) is 6.79. The lowest BCUT2D eigenvalue weighted by molar-refractivity contribution is -0.0479. The maximum Gasteiger partial charge on any atom is 0.123 e. The Labute approximate surface area is 204 Å². The molecule has 1 N–H and O–H groups in total. The average molecular weight is 473 g/mol. The van der Waals surface area contributed by atoms with Gasteiger partial charge in [-0.25, -0.2) is 8.78 Å². The van der Waals surface area contributed by atoms with Crippen molar-refractivity contribution < 1.29 is 13.5 Å². The Morgan fingerprint density at radius 1 is 0.829 bits per heavy atom. The normalized spacial score (nSPS) is 22.3. The lowest BCUT2D eigenvalue weighted by atomic mass is 9.96. The number of piperidine rings is 1. The molecule has 1 aromatic heterocycles. The van der Waals surface area contributed by atoms with Crippen LogP contribution in [0.3, 0.4) is 0 Å².